The van der Waals surface area contributed by atoms with Gasteiger partial charge >= 0.3 is 0 Å². The van der Waals surface area contributed by atoms with Crippen molar-refractivity contribution in [2.75, 3.05) is 20.3 Å². The van der Waals surface area contributed by atoms with E-state index in [1.165, 1.54) is 0 Å². The molecule has 0 saturated heterocycles. The molecule has 0 unspecified atom stereocenters. The summed E-state index contributed by atoms with van der Waals surface area (Å²) in [7, 11) is 1.60. The van der Waals surface area contributed by atoms with Gasteiger partial charge in [-0.25, -0.2) is 4.68 Å². The first-order valence-electron chi connectivity index (χ1n) is 10.0. The van der Waals surface area contributed by atoms with Gasteiger partial charge in [-0.1, -0.05) is 41.4 Å². The first kappa shape index (κ1) is 23.4. The number of nitrogens with one attached hydrogen (secondary N) is 1. The van der Waals surface area contributed by atoms with Gasteiger partial charge in [-0.05, 0) is 49.2 Å². The van der Waals surface area contributed by atoms with E-state index in [0.717, 1.165) is 22.4 Å². The first-order chi connectivity index (χ1) is 14.9. The fraction of sp³-hybridized carbons (Fsp3) is 0.348. The lowest BCUT2D eigenvalue weighted by molar-refractivity contribution is 0.196. The van der Waals surface area contributed by atoms with Gasteiger partial charge in [0.25, 0.3) is 0 Å². The number of aliphatic hydroxyl groups is 1. The van der Waals surface area contributed by atoms with Crippen molar-refractivity contribution in [1.29, 1.82) is 0 Å². The van der Waals surface area contributed by atoms with E-state index in [2.05, 4.69) is 17.3 Å². The molecular weight excluding hydrogens is 437 g/mol. The van der Waals surface area contributed by atoms with Gasteiger partial charge in [0.05, 0.1) is 26.0 Å². The molecule has 0 radical (unpaired) electrons. The van der Waals surface area contributed by atoms with Crippen LogP contribution >= 0.6 is 23.2 Å². The minimum atomic E-state index is -0.0469. The Balaban J connectivity index is 1.68. The maximum atomic E-state index is 8.95. The van der Waals surface area contributed by atoms with E-state index in [0.29, 0.717) is 34.8 Å². The highest BCUT2D eigenvalue weighted by molar-refractivity contribution is 6.30. The molecule has 0 amide bonds. The quantitative estimate of drug-likeness (QED) is 0.452. The number of rotatable bonds is 10. The molecule has 1 aromatic heterocycles. The largest absolute Gasteiger partial charge is 0.493 e. The van der Waals surface area contributed by atoms with E-state index in [1.54, 1.807) is 11.8 Å². The molecule has 1 heterocycles. The fourth-order valence-corrected chi connectivity index (χ4v) is 3.69. The molecule has 1 atom stereocenters. The predicted octanol–water partition coefficient (Wildman–Crippen LogP) is 4.78. The number of nitrogens with zero attached hydrogens (tertiary/aromatic N) is 2. The Morgan fingerprint density at radius 1 is 1.13 bits per heavy atom. The molecule has 8 heteroatoms. The van der Waals surface area contributed by atoms with Gasteiger partial charge in [0.2, 0.25) is 0 Å². The fourth-order valence-electron chi connectivity index (χ4n) is 3.26. The maximum Gasteiger partial charge on any atom is 0.161 e. The molecule has 0 spiro atoms. The number of halogens is 2. The van der Waals surface area contributed by atoms with Crippen molar-refractivity contribution in [3.8, 4) is 11.5 Å². The maximum absolute atomic E-state index is 8.95. The normalized spacial score (nSPS) is 12.1. The predicted molar refractivity (Wildman–Crippen MR) is 123 cm³/mol. The third-order valence-electron chi connectivity index (χ3n) is 5.05. The van der Waals surface area contributed by atoms with Crippen LogP contribution in [0.25, 0.3) is 0 Å². The van der Waals surface area contributed by atoms with Gasteiger partial charge in [0.1, 0.15) is 11.8 Å². The Kier molecular flexibility index (Phi) is 8.21. The molecular formula is C23H27Cl2N3O3. The lowest BCUT2D eigenvalue weighted by Crippen LogP contribution is -2.18. The summed E-state index contributed by atoms with van der Waals surface area (Å²) >= 11 is 12.6. The zero-order valence-corrected chi connectivity index (χ0v) is 19.4. The Bertz CT molecular complexity index is 1010. The molecule has 2 aromatic carbocycles. The summed E-state index contributed by atoms with van der Waals surface area (Å²) in [5.41, 5.74) is 3.99. The van der Waals surface area contributed by atoms with Crippen LogP contribution in [0.15, 0.2) is 42.5 Å². The monoisotopic (exact) mass is 463 g/mol. The molecule has 0 aliphatic rings. The second-order valence-electron chi connectivity index (χ2n) is 7.22. The van der Waals surface area contributed by atoms with Crippen molar-refractivity contribution in [2.24, 2.45) is 0 Å². The average Bonchev–Trinajstić information content (AvgIpc) is 3.04. The molecule has 6 nitrogen and oxygen atoms in total. The van der Waals surface area contributed by atoms with E-state index < -0.39 is 0 Å². The first-order valence-corrected chi connectivity index (χ1v) is 10.8. The van der Waals surface area contributed by atoms with Crippen LogP contribution in [0.3, 0.4) is 0 Å². The van der Waals surface area contributed by atoms with Crippen molar-refractivity contribution in [3.63, 3.8) is 0 Å². The number of aliphatic hydroxyl groups excluding tert-OH is 1. The van der Waals surface area contributed by atoms with Crippen LogP contribution in [0.2, 0.25) is 10.2 Å². The molecule has 3 rings (SSSR count). The minimum Gasteiger partial charge on any atom is -0.493 e. The van der Waals surface area contributed by atoms with Gasteiger partial charge in [0, 0.05) is 23.2 Å². The van der Waals surface area contributed by atoms with Crippen LogP contribution < -0.4 is 14.8 Å². The van der Waals surface area contributed by atoms with Gasteiger partial charge in [-0.15, -0.1) is 0 Å². The molecule has 0 saturated carbocycles. The number of benzene rings is 2. The topological polar surface area (TPSA) is 68.5 Å². The Hall–Kier alpha value is -2.25. The van der Waals surface area contributed by atoms with Crippen LogP contribution in [0.4, 0.5) is 0 Å². The van der Waals surface area contributed by atoms with Gasteiger partial charge in [-0.3, -0.25) is 0 Å². The van der Waals surface area contributed by atoms with E-state index in [9.17, 15) is 0 Å². The highest BCUT2D eigenvalue weighted by atomic mass is 35.5. The summed E-state index contributed by atoms with van der Waals surface area (Å²) in [6.45, 7) is 5.37. The second kappa shape index (κ2) is 10.9. The summed E-state index contributed by atoms with van der Waals surface area (Å²) in [6, 6.07) is 13.5. The van der Waals surface area contributed by atoms with E-state index in [1.807, 2.05) is 49.4 Å². The van der Waals surface area contributed by atoms with Gasteiger partial charge in [-0.2, -0.15) is 5.10 Å². The molecule has 0 fully saturated rings. The van der Waals surface area contributed by atoms with Crippen molar-refractivity contribution in [2.45, 2.75) is 33.0 Å². The van der Waals surface area contributed by atoms with Crippen LogP contribution in [0, 0.1) is 6.92 Å². The zero-order valence-electron chi connectivity index (χ0n) is 17.9. The molecule has 166 valence electrons. The number of aryl methyl sites for hydroxylation is 1. The SMILES string of the molecule is COc1cc([C@@H](C)NCc2c(C)nn(Cc3ccc(Cl)cc3)c2Cl)ccc1OCCO. The molecule has 0 aliphatic heterocycles. The van der Waals surface area contributed by atoms with Gasteiger partial charge < -0.3 is 19.9 Å². The van der Waals surface area contributed by atoms with Crippen molar-refractivity contribution in [3.05, 3.63) is 75.0 Å². The standard InChI is InChI=1S/C23H27Cl2N3O3/c1-15(18-6-9-21(31-11-10-29)22(12-18)30-3)26-13-20-16(2)27-28(23(20)25)14-17-4-7-19(24)8-5-17/h4-9,12,15,26,29H,10-11,13-14H2,1-3H3/t15-/m1/s1. The van der Waals surface area contributed by atoms with Crippen molar-refractivity contribution in [1.82, 2.24) is 15.1 Å². The molecule has 0 bridgehead atoms. The van der Waals surface area contributed by atoms with Crippen LogP contribution in [0.1, 0.15) is 35.3 Å². The summed E-state index contributed by atoms with van der Waals surface area (Å²) in [6.07, 6.45) is 0. The van der Waals surface area contributed by atoms with Crippen LogP contribution in [-0.2, 0) is 13.1 Å². The third-order valence-corrected chi connectivity index (χ3v) is 5.73. The Labute approximate surface area is 192 Å². The average molecular weight is 464 g/mol. The van der Waals surface area contributed by atoms with Gasteiger partial charge in [0.15, 0.2) is 11.5 Å². The van der Waals surface area contributed by atoms with Crippen LogP contribution in [0.5, 0.6) is 11.5 Å². The lowest BCUT2D eigenvalue weighted by Gasteiger charge is -2.17. The zero-order chi connectivity index (χ0) is 22.4. The van der Waals surface area contributed by atoms with Crippen LogP contribution in [-0.4, -0.2) is 35.2 Å². The summed E-state index contributed by atoms with van der Waals surface area (Å²) < 4.78 is 12.7. The minimum absolute atomic E-state index is 0.0469. The second-order valence-corrected chi connectivity index (χ2v) is 8.02. The number of aromatic nitrogens is 2. The third kappa shape index (κ3) is 5.92. The number of hydrogen-bond donors (Lipinski definition) is 2. The van der Waals surface area contributed by atoms with E-state index in [-0.39, 0.29) is 19.3 Å². The smallest absolute Gasteiger partial charge is 0.161 e. The highest BCUT2D eigenvalue weighted by Crippen LogP contribution is 2.31. The van der Waals surface area contributed by atoms with Crippen molar-refractivity contribution >= 4 is 23.2 Å². The summed E-state index contributed by atoms with van der Waals surface area (Å²) in [5.74, 6) is 1.24. The molecule has 3 aromatic rings. The number of hydrogen-bond acceptors (Lipinski definition) is 5. The number of methoxy groups -OCH3 is 1. The van der Waals surface area contributed by atoms with E-state index >= 15 is 0 Å². The highest BCUT2D eigenvalue weighted by Gasteiger charge is 2.16. The molecule has 0 aliphatic carbocycles. The summed E-state index contributed by atoms with van der Waals surface area (Å²) in [5, 5.41) is 18.4. The van der Waals surface area contributed by atoms with E-state index in [4.69, 9.17) is 37.8 Å². The number of ether oxygens (including phenoxy) is 2. The summed E-state index contributed by atoms with van der Waals surface area (Å²) in [4.78, 5) is 0. The Morgan fingerprint density at radius 2 is 1.87 bits per heavy atom. The molecule has 2 N–H and O–H groups in total. The lowest BCUT2D eigenvalue weighted by atomic mass is 10.1. The van der Waals surface area contributed by atoms with Crippen molar-refractivity contribution < 1.29 is 14.6 Å². The molecule has 31 heavy (non-hydrogen) atoms. The Morgan fingerprint density at radius 3 is 2.55 bits per heavy atom.